The average molecular weight is 231 g/mol. The van der Waals surface area contributed by atoms with Crippen LogP contribution < -0.4 is 0 Å². The average Bonchev–Trinajstić information content (AvgIpc) is 2.45. The van der Waals surface area contributed by atoms with Crippen LogP contribution in [0.25, 0.3) is 0 Å². The maximum absolute atomic E-state index is 5.88. The number of hydrogen-bond donors (Lipinski definition) is 0. The van der Waals surface area contributed by atoms with Crippen molar-refractivity contribution in [2.75, 3.05) is 0 Å². The topological polar surface area (TPSA) is 21.6 Å². The zero-order valence-electron chi connectivity index (χ0n) is 11.4. The van der Waals surface area contributed by atoms with Crippen LogP contribution in [0.2, 0.25) is 0 Å². The largest absolute Gasteiger partial charge is 0.384 e. The minimum absolute atomic E-state index is 0.0651. The van der Waals surface area contributed by atoms with Crippen molar-refractivity contribution in [2.45, 2.75) is 46.6 Å². The smallest absolute Gasteiger partial charge is 0.165 e. The highest BCUT2D eigenvalue weighted by molar-refractivity contribution is 5.78. The van der Waals surface area contributed by atoms with E-state index in [1.807, 2.05) is 13.8 Å². The lowest BCUT2D eigenvalue weighted by Gasteiger charge is -2.36. The summed E-state index contributed by atoms with van der Waals surface area (Å²) in [6, 6.07) is 8.51. The molecule has 1 aliphatic carbocycles. The molecule has 0 bridgehead atoms. The molecule has 0 heterocycles. The minimum atomic E-state index is -0.332. The fourth-order valence-corrected chi connectivity index (χ4v) is 2.50. The van der Waals surface area contributed by atoms with Gasteiger partial charge in [-0.1, -0.05) is 43.3 Å². The fraction of sp³-hybridized carbons (Fsp3) is 0.533. The van der Waals surface area contributed by atoms with Gasteiger partial charge < -0.3 is 4.84 Å². The Balaban J connectivity index is 2.46. The predicted molar refractivity (Wildman–Crippen MR) is 71.1 cm³/mol. The van der Waals surface area contributed by atoms with Crippen molar-refractivity contribution in [2.24, 2.45) is 10.6 Å². The SMILES string of the molecule is CC(C)=NO[C@]1(C)c2ccccc2CC1(C)C. The highest BCUT2D eigenvalue weighted by Crippen LogP contribution is 2.52. The standard InChI is InChI=1S/C15H21NO/c1-11(2)16-17-15(5)13-9-7-6-8-12(13)10-14(15,3)4/h6-9H,10H2,1-5H3/t15-/m1/s1. The second kappa shape index (κ2) is 3.86. The number of oxime groups is 1. The van der Waals surface area contributed by atoms with Crippen molar-refractivity contribution in [3.05, 3.63) is 35.4 Å². The van der Waals surface area contributed by atoms with Crippen molar-refractivity contribution in [1.82, 2.24) is 0 Å². The molecule has 0 unspecified atom stereocenters. The van der Waals surface area contributed by atoms with Gasteiger partial charge in [0.2, 0.25) is 0 Å². The second-order valence-electron chi connectivity index (χ2n) is 5.88. The molecular formula is C15H21NO. The first-order chi connectivity index (χ1) is 7.87. The molecule has 0 aliphatic heterocycles. The zero-order valence-corrected chi connectivity index (χ0v) is 11.4. The molecule has 1 atom stereocenters. The number of nitrogens with zero attached hydrogens (tertiary/aromatic N) is 1. The molecule has 2 heteroatoms. The minimum Gasteiger partial charge on any atom is -0.384 e. The number of fused-ring (bicyclic) bond motifs is 1. The molecule has 2 rings (SSSR count). The Hall–Kier alpha value is -1.31. The Morgan fingerprint density at radius 2 is 1.82 bits per heavy atom. The summed E-state index contributed by atoms with van der Waals surface area (Å²) in [5.41, 5.74) is 3.33. The summed E-state index contributed by atoms with van der Waals surface area (Å²) < 4.78 is 0. The molecule has 0 saturated carbocycles. The van der Waals surface area contributed by atoms with E-state index in [2.05, 4.69) is 50.2 Å². The molecular weight excluding hydrogens is 210 g/mol. The van der Waals surface area contributed by atoms with Crippen LogP contribution >= 0.6 is 0 Å². The Labute approximate surface area is 104 Å². The van der Waals surface area contributed by atoms with Gasteiger partial charge in [0, 0.05) is 11.0 Å². The van der Waals surface area contributed by atoms with E-state index < -0.39 is 0 Å². The number of hydrogen-bond acceptors (Lipinski definition) is 2. The Morgan fingerprint density at radius 3 is 2.47 bits per heavy atom. The Kier molecular flexibility index (Phi) is 2.76. The Bertz CT molecular complexity index is 458. The lowest BCUT2D eigenvalue weighted by Crippen LogP contribution is -2.37. The third kappa shape index (κ3) is 1.86. The predicted octanol–water partition coefficient (Wildman–Crippen LogP) is 3.90. The lowest BCUT2D eigenvalue weighted by atomic mass is 9.77. The molecule has 2 nitrogen and oxygen atoms in total. The van der Waals surface area contributed by atoms with Gasteiger partial charge in [0.15, 0.2) is 5.60 Å². The second-order valence-corrected chi connectivity index (χ2v) is 5.88. The summed E-state index contributed by atoms with van der Waals surface area (Å²) in [5.74, 6) is 0. The van der Waals surface area contributed by atoms with Gasteiger partial charge in [0.05, 0.1) is 5.71 Å². The molecule has 0 aromatic heterocycles. The van der Waals surface area contributed by atoms with Gasteiger partial charge in [-0.15, -0.1) is 0 Å². The highest BCUT2D eigenvalue weighted by atomic mass is 16.7. The van der Waals surface area contributed by atoms with Gasteiger partial charge in [-0.05, 0) is 32.8 Å². The number of rotatable bonds is 2. The monoisotopic (exact) mass is 231 g/mol. The van der Waals surface area contributed by atoms with Crippen LogP contribution in [0.4, 0.5) is 0 Å². The molecule has 1 aliphatic rings. The highest BCUT2D eigenvalue weighted by Gasteiger charge is 2.51. The fourth-order valence-electron chi connectivity index (χ4n) is 2.50. The van der Waals surface area contributed by atoms with E-state index in [0.717, 1.165) is 12.1 Å². The van der Waals surface area contributed by atoms with E-state index >= 15 is 0 Å². The summed E-state index contributed by atoms with van der Waals surface area (Å²) in [7, 11) is 0. The maximum Gasteiger partial charge on any atom is 0.165 e. The van der Waals surface area contributed by atoms with Crippen LogP contribution in [0.3, 0.4) is 0 Å². The Morgan fingerprint density at radius 1 is 1.18 bits per heavy atom. The van der Waals surface area contributed by atoms with Crippen molar-refractivity contribution < 1.29 is 4.84 Å². The third-order valence-electron chi connectivity index (χ3n) is 3.87. The van der Waals surface area contributed by atoms with E-state index in [1.54, 1.807) is 0 Å². The first kappa shape index (κ1) is 12.2. The van der Waals surface area contributed by atoms with Crippen LogP contribution in [0.5, 0.6) is 0 Å². The first-order valence-electron chi connectivity index (χ1n) is 6.14. The van der Waals surface area contributed by atoms with Crippen LogP contribution in [-0.4, -0.2) is 5.71 Å². The van der Waals surface area contributed by atoms with Gasteiger partial charge in [-0.3, -0.25) is 0 Å². The molecule has 0 spiro atoms. The van der Waals surface area contributed by atoms with Crippen molar-refractivity contribution in [1.29, 1.82) is 0 Å². The van der Waals surface area contributed by atoms with Gasteiger partial charge in [0.1, 0.15) is 0 Å². The summed E-state index contributed by atoms with van der Waals surface area (Å²) in [6.45, 7) is 10.5. The summed E-state index contributed by atoms with van der Waals surface area (Å²) in [5, 5.41) is 4.19. The van der Waals surface area contributed by atoms with E-state index in [-0.39, 0.29) is 11.0 Å². The van der Waals surface area contributed by atoms with Crippen molar-refractivity contribution in [3.8, 4) is 0 Å². The van der Waals surface area contributed by atoms with E-state index in [4.69, 9.17) is 4.84 Å². The third-order valence-corrected chi connectivity index (χ3v) is 3.87. The van der Waals surface area contributed by atoms with Gasteiger partial charge in [0.25, 0.3) is 0 Å². The quantitative estimate of drug-likeness (QED) is 0.559. The van der Waals surface area contributed by atoms with E-state index in [0.29, 0.717) is 0 Å². The molecule has 1 aromatic carbocycles. The van der Waals surface area contributed by atoms with Crippen LogP contribution in [0, 0.1) is 5.41 Å². The normalized spacial score (nSPS) is 25.2. The van der Waals surface area contributed by atoms with Crippen LogP contribution in [-0.2, 0) is 16.9 Å². The zero-order chi connectivity index (χ0) is 12.7. The van der Waals surface area contributed by atoms with E-state index in [9.17, 15) is 0 Å². The lowest BCUT2D eigenvalue weighted by molar-refractivity contribution is -0.105. The number of benzene rings is 1. The van der Waals surface area contributed by atoms with Gasteiger partial charge in [-0.2, -0.15) is 0 Å². The van der Waals surface area contributed by atoms with Crippen LogP contribution in [0.15, 0.2) is 29.4 Å². The van der Waals surface area contributed by atoms with Gasteiger partial charge >= 0.3 is 0 Å². The molecule has 0 amide bonds. The summed E-state index contributed by atoms with van der Waals surface area (Å²) in [6.07, 6.45) is 1.04. The molecule has 92 valence electrons. The molecule has 0 saturated heterocycles. The molecule has 0 fully saturated rings. The molecule has 17 heavy (non-hydrogen) atoms. The van der Waals surface area contributed by atoms with Crippen molar-refractivity contribution >= 4 is 5.71 Å². The maximum atomic E-state index is 5.88. The first-order valence-corrected chi connectivity index (χ1v) is 6.14. The van der Waals surface area contributed by atoms with Crippen molar-refractivity contribution in [3.63, 3.8) is 0 Å². The van der Waals surface area contributed by atoms with E-state index in [1.165, 1.54) is 11.1 Å². The molecule has 0 radical (unpaired) electrons. The molecule has 0 N–H and O–H groups in total. The molecule has 1 aromatic rings. The van der Waals surface area contributed by atoms with Gasteiger partial charge in [-0.25, -0.2) is 0 Å². The van der Waals surface area contributed by atoms with Crippen LogP contribution in [0.1, 0.15) is 45.7 Å². The summed E-state index contributed by atoms with van der Waals surface area (Å²) >= 11 is 0. The summed E-state index contributed by atoms with van der Waals surface area (Å²) in [4.78, 5) is 5.88.